The van der Waals surface area contributed by atoms with E-state index in [0.717, 1.165) is 0 Å². The van der Waals surface area contributed by atoms with Crippen molar-refractivity contribution in [3.63, 3.8) is 0 Å². The number of hydrogen-bond donors (Lipinski definition) is 3. The quantitative estimate of drug-likeness (QED) is 0.779. The number of nitrogens with one attached hydrogen (secondary N) is 3. The number of rotatable bonds is 5. The maximum absolute atomic E-state index is 14.0. The van der Waals surface area contributed by atoms with Crippen LogP contribution in [0.2, 0.25) is 0 Å². The Hall–Kier alpha value is -2.44. The highest BCUT2D eigenvalue weighted by atomic mass is 19.1. The predicted octanol–water partition coefficient (Wildman–Crippen LogP) is 1.87. The summed E-state index contributed by atoms with van der Waals surface area (Å²) in [6.07, 6.45) is 5.31. The number of imidazole rings is 1. The Morgan fingerprint density at radius 2 is 2.25 bits per heavy atom. The van der Waals surface area contributed by atoms with Crippen molar-refractivity contribution in [1.82, 2.24) is 20.3 Å². The molecule has 1 unspecified atom stereocenters. The number of nitrogens with zero attached hydrogens (tertiary/aromatic N) is 2. The number of hydrogen-bond acceptors (Lipinski definition) is 4. The van der Waals surface area contributed by atoms with Gasteiger partial charge in [-0.3, -0.25) is 4.79 Å². The lowest BCUT2D eigenvalue weighted by atomic mass is 10.1. The summed E-state index contributed by atoms with van der Waals surface area (Å²) in [7, 11) is 1.55. The third kappa shape index (κ3) is 2.76. The minimum absolute atomic E-state index is 0.0451. The van der Waals surface area contributed by atoms with Crippen molar-refractivity contribution in [2.45, 2.75) is 19.4 Å². The van der Waals surface area contributed by atoms with Crippen molar-refractivity contribution in [1.29, 1.82) is 0 Å². The average Bonchev–Trinajstić information content (AvgIpc) is 2.98. The highest BCUT2D eigenvalue weighted by Gasteiger charge is 2.20. The topological polar surface area (TPSA) is 82.7 Å². The van der Waals surface area contributed by atoms with E-state index in [9.17, 15) is 9.18 Å². The Balaban J connectivity index is 2.19. The van der Waals surface area contributed by atoms with E-state index in [1.165, 1.54) is 12.3 Å². The van der Waals surface area contributed by atoms with Crippen LogP contribution >= 0.6 is 0 Å². The molecule has 0 aliphatic heterocycles. The third-order valence-corrected chi connectivity index (χ3v) is 2.93. The van der Waals surface area contributed by atoms with E-state index in [1.807, 2.05) is 6.92 Å². The van der Waals surface area contributed by atoms with Crippen molar-refractivity contribution in [3.8, 4) is 0 Å². The Labute approximate surface area is 115 Å². The molecule has 6 nitrogen and oxygen atoms in total. The fourth-order valence-corrected chi connectivity index (χ4v) is 1.86. The highest BCUT2D eigenvalue weighted by Crippen LogP contribution is 2.17. The van der Waals surface area contributed by atoms with Gasteiger partial charge in [0.25, 0.3) is 5.91 Å². The lowest BCUT2D eigenvalue weighted by molar-refractivity contribution is 0.0929. The number of amides is 1. The van der Waals surface area contributed by atoms with E-state index < -0.39 is 11.7 Å². The largest absolute Gasteiger partial charge is 0.371 e. The zero-order chi connectivity index (χ0) is 14.5. The molecule has 20 heavy (non-hydrogen) atoms. The molecular weight excluding hydrogens is 261 g/mol. The first-order valence-electron chi connectivity index (χ1n) is 6.29. The fraction of sp³-hybridized carbons (Fsp3) is 0.308. The van der Waals surface area contributed by atoms with Gasteiger partial charge in [0.05, 0.1) is 11.6 Å². The predicted molar refractivity (Wildman–Crippen MR) is 72.8 cm³/mol. The molecule has 2 rings (SSSR count). The highest BCUT2D eigenvalue weighted by molar-refractivity contribution is 5.95. The Morgan fingerprint density at radius 3 is 2.85 bits per heavy atom. The SMILES string of the molecule is CCC(NC(=O)c1ccnc(NC)c1F)c1ncc[nH]1. The van der Waals surface area contributed by atoms with Crippen molar-refractivity contribution >= 4 is 11.7 Å². The van der Waals surface area contributed by atoms with Crippen LogP contribution in [0, 0.1) is 5.82 Å². The van der Waals surface area contributed by atoms with Gasteiger partial charge in [-0.2, -0.15) is 0 Å². The van der Waals surface area contributed by atoms with Crippen LogP contribution in [0.5, 0.6) is 0 Å². The second-order valence-corrected chi connectivity index (χ2v) is 4.18. The Kier molecular flexibility index (Phi) is 4.29. The number of pyridine rings is 1. The van der Waals surface area contributed by atoms with E-state index in [1.54, 1.807) is 19.4 Å². The Morgan fingerprint density at radius 1 is 1.45 bits per heavy atom. The normalized spacial score (nSPS) is 11.9. The van der Waals surface area contributed by atoms with Crippen LogP contribution in [0.25, 0.3) is 0 Å². The molecule has 106 valence electrons. The van der Waals surface area contributed by atoms with Gasteiger partial charge in [0.2, 0.25) is 0 Å². The molecule has 0 aliphatic rings. The summed E-state index contributed by atoms with van der Waals surface area (Å²) in [5, 5.41) is 5.35. The van der Waals surface area contributed by atoms with Gasteiger partial charge >= 0.3 is 0 Å². The molecule has 0 radical (unpaired) electrons. The van der Waals surface area contributed by atoms with E-state index in [2.05, 4.69) is 25.6 Å². The van der Waals surface area contributed by atoms with E-state index in [4.69, 9.17) is 0 Å². The molecule has 2 aromatic heterocycles. The zero-order valence-corrected chi connectivity index (χ0v) is 11.3. The van der Waals surface area contributed by atoms with Crippen LogP contribution in [0.15, 0.2) is 24.7 Å². The maximum Gasteiger partial charge on any atom is 0.255 e. The third-order valence-electron chi connectivity index (χ3n) is 2.93. The molecular formula is C13H16FN5O. The lowest BCUT2D eigenvalue weighted by Crippen LogP contribution is -2.29. The zero-order valence-electron chi connectivity index (χ0n) is 11.3. The summed E-state index contributed by atoms with van der Waals surface area (Å²) in [6, 6.07) is 1.06. The molecule has 0 aliphatic carbocycles. The summed E-state index contributed by atoms with van der Waals surface area (Å²) in [4.78, 5) is 23.0. The number of anilines is 1. The van der Waals surface area contributed by atoms with Crippen molar-refractivity contribution in [2.24, 2.45) is 0 Å². The standard InChI is InChI=1S/C13H16FN5O/c1-3-9(11-17-6-7-18-11)19-13(20)8-4-5-16-12(15-2)10(8)14/h4-7,9H,3H2,1-2H3,(H,15,16)(H,17,18)(H,19,20). The van der Waals surface area contributed by atoms with Crippen LogP contribution in [-0.4, -0.2) is 27.9 Å². The van der Waals surface area contributed by atoms with Gasteiger partial charge < -0.3 is 15.6 Å². The molecule has 0 aromatic carbocycles. The molecule has 0 bridgehead atoms. The van der Waals surface area contributed by atoms with Gasteiger partial charge in [-0.1, -0.05) is 6.92 Å². The number of carbonyl (C=O) groups excluding carboxylic acids is 1. The van der Waals surface area contributed by atoms with Gasteiger partial charge in [-0.25, -0.2) is 14.4 Å². The van der Waals surface area contributed by atoms with Gasteiger partial charge in [0.15, 0.2) is 11.6 Å². The van der Waals surface area contributed by atoms with Crippen LogP contribution in [0.1, 0.15) is 35.6 Å². The monoisotopic (exact) mass is 277 g/mol. The second-order valence-electron chi connectivity index (χ2n) is 4.18. The molecule has 1 amide bonds. The van der Waals surface area contributed by atoms with Crippen LogP contribution in [-0.2, 0) is 0 Å². The van der Waals surface area contributed by atoms with Crippen LogP contribution in [0.3, 0.4) is 0 Å². The van der Waals surface area contributed by atoms with Gasteiger partial charge in [-0.15, -0.1) is 0 Å². The molecule has 7 heteroatoms. The maximum atomic E-state index is 14.0. The van der Waals surface area contributed by atoms with Crippen molar-refractivity contribution < 1.29 is 9.18 Å². The number of aromatic nitrogens is 3. The number of halogens is 1. The first-order chi connectivity index (χ1) is 9.67. The number of H-pyrrole nitrogens is 1. The first kappa shape index (κ1) is 14.0. The lowest BCUT2D eigenvalue weighted by Gasteiger charge is -2.15. The number of aromatic amines is 1. The summed E-state index contributed by atoms with van der Waals surface area (Å²) in [5.41, 5.74) is -0.0469. The molecule has 2 heterocycles. The van der Waals surface area contributed by atoms with Crippen LogP contribution < -0.4 is 10.6 Å². The van der Waals surface area contributed by atoms with Gasteiger partial charge in [-0.05, 0) is 12.5 Å². The molecule has 1 atom stereocenters. The second kappa shape index (κ2) is 6.14. The minimum atomic E-state index is -0.665. The summed E-state index contributed by atoms with van der Waals surface area (Å²) in [5.74, 6) is -0.473. The summed E-state index contributed by atoms with van der Waals surface area (Å²) in [6.45, 7) is 1.91. The fourth-order valence-electron chi connectivity index (χ4n) is 1.86. The molecule has 2 aromatic rings. The van der Waals surface area contributed by atoms with Crippen LogP contribution in [0.4, 0.5) is 10.2 Å². The Bertz CT molecular complexity index is 584. The molecule has 0 fully saturated rings. The summed E-state index contributed by atoms with van der Waals surface area (Å²) < 4.78 is 14.0. The molecule has 0 spiro atoms. The molecule has 0 saturated heterocycles. The first-order valence-corrected chi connectivity index (χ1v) is 6.29. The molecule has 3 N–H and O–H groups in total. The van der Waals surface area contributed by atoms with Crippen molar-refractivity contribution in [3.05, 3.63) is 41.9 Å². The van der Waals surface area contributed by atoms with E-state index in [0.29, 0.717) is 12.2 Å². The smallest absolute Gasteiger partial charge is 0.255 e. The number of carbonyl (C=O) groups is 1. The van der Waals surface area contributed by atoms with Gasteiger partial charge in [0.1, 0.15) is 5.82 Å². The van der Waals surface area contributed by atoms with E-state index in [-0.39, 0.29) is 17.4 Å². The van der Waals surface area contributed by atoms with Crippen molar-refractivity contribution in [2.75, 3.05) is 12.4 Å². The minimum Gasteiger partial charge on any atom is -0.371 e. The summed E-state index contributed by atoms with van der Waals surface area (Å²) >= 11 is 0. The van der Waals surface area contributed by atoms with Gasteiger partial charge in [0, 0.05) is 25.6 Å². The average molecular weight is 277 g/mol. The molecule has 0 saturated carbocycles. The van der Waals surface area contributed by atoms with E-state index >= 15 is 0 Å².